The van der Waals surface area contributed by atoms with Crippen molar-refractivity contribution in [2.45, 2.75) is 26.7 Å². The van der Waals surface area contributed by atoms with Gasteiger partial charge in [-0.1, -0.05) is 26.0 Å². The predicted octanol–water partition coefficient (Wildman–Crippen LogP) is 4.50. The summed E-state index contributed by atoms with van der Waals surface area (Å²) in [6, 6.07) is 11.0. The highest BCUT2D eigenvalue weighted by atomic mass is 19.1. The lowest BCUT2D eigenvalue weighted by Crippen LogP contribution is -2.02. The van der Waals surface area contributed by atoms with Crippen molar-refractivity contribution in [1.82, 2.24) is 0 Å². The average Bonchev–Trinajstić information content (AvgIpc) is 2.49. The average molecular weight is 288 g/mol. The van der Waals surface area contributed by atoms with Crippen molar-refractivity contribution in [1.29, 1.82) is 0 Å². The molecular weight excluding hydrogens is 267 g/mol. The van der Waals surface area contributed by atoms with Gasteiger partial charge in [0.15, 0.2) is 11.6 Å². The van der Waals surface area contributed by atoms with E-state index < -0.39 is 5.82 Å². The van der Waals surface area contributed by atoms with E-state index in [4.69, 9.17) is 10.5 Å². The van der Waals surface area contributed by atoms with E-state index in [0.717, 1.165) is 18.5 Å². The molecule has 21 heavy (non-hydrogen) atoms. The normalized spacial score (nSPS) is 10.4. The maximum atomic E-state index is 13.8. The molecule has 112 valence electrons. The van der Waals surface area contributed by atoms with Crippen LogP contribution in [0.15, 0.2) is 36.4 Å². The second-order valence-electron chi connectivity index (χ2n) is 4.89. The minimum absolute atomic E-state index is 0.221. The molecule has 0 bridgehead atoms. The van der Waals surface area contributed by atoms with E-state index >= 15 is 0 Å². The second kappa shape index (κ2) is 6.97. The topological polar surface area (TPSA) is 47.3 Å². The van der Waals surface area contributed by atoms with Crippen LogP contribution in [-0.4, -0.2) is 6.61 Å². The van der Waals surface area contributed by atoms with Crippen molar-refractivity contribution in [3.8, 4) is 5.75 Å². The number of hydrogen-bond donors (Lipinski definition) is 2. The van der Waals surface area contributed by atoms with Gasteiger partial charge >= 0.3 is 0 Å². The molecule has 3 N–H and O–H groups in total. The van der Waals surface area contributed by atoms with Crippen LogP contribution in [-0.2, 0) is 6.42 Å². The Bertz CT molecular complexity index is 596. The van der Waals surface area contributed by atoms with Crippen molar-refractivity contribution in [3.05, 3.63) is 47.8 Å². The van der Waals surface area contributed by atoms with Gasteiger partial charge in [-0.15, -0.1) is 0 Å². The largest absolute Gasteiger partial charge is 0.490 e. The monoisotopic (exact) mass is 288 g/mol. The molecular formula is C17H21FN2O. The molecule has 2 aromatic carbocycles. The number of benzene rings is 2. The fourth-order valence-corrected chi connectivity index (χ4v) is 1.98. The van der Waals surface area contributed by atoms with E-state index in [1.807, 2.05) is 19.1 Å². The summed E-state index contributed by atoms with van der Waals surface area (Å²) < 4.78 is 19.1. The molecule has 0 aliphatic heterocycles. The van der Waals surface area contributed by atoms with Gasteiger partial charge in [0.1, 0.15) is 0 Å². The summed E-state index contributed by atoms with van der Waals surface area (Å²) in [5.41, 5.74) is 9.04. The minimum atomic E-state index is -0.437. The third-order valence-corrected chi connectivity index (χ3v) is 3.21. The molecule has 0 aliphatic carbocycles. The third-order valence-electron chi connectivity index (χ3n) is 3.21. The zero-order valence-electron chi connectivity index (χ0n) is 12.4. The molecule has 4 heteroatoms. The van der Waals surface area contributed by atoms with Gasteiger partial charge in [-0.05, 0) is 30.5 Å². The van der Waals surface area contributed by atoms with Gasteiger partial charge in [-0.3, -0.25) is 0 Å². The Hall–Kier alpha value is -2.23. The molecule has 3 nitrogen and oxygen atoms in total. The molecule has 2 aromatic rings. The Kier molecular flexibility index (Phi) is 5.04. The molecule has 0 amide bonds. The Morgan fingerprint density at radius 1 is 1.14 bits per heavy atom. The maximum Gasteiger partial charge on any atom is 0.167 e. The van der Waals surface area contributed by atoms with Gasteiger partial charge < -0.3 is 15.8 Å². The minimum Gasteiger partial charge on any atom is -0.490 e. The first-order valence-electron chi connectivity index (χ1n) is 7.21. The maximum absolute atomic E-state index is 13.8. The first kappa shape index (κ1) is 15.2. The number of aryl methyl sites for hydroxylation is 1. The Morgan fingerprint density at radius 3 is 2.48 bits per heavy atom. The molecule has 0 radical (unpaired) electrons. The van der Waals surface area contributed by atoms with E-state index in [1.54, 1.807) is 6.07 Å². The lowest BCUT2D eigenvalue weighted by Gasteiger charge is -2.13. The van der Waals surface area contributed by atoms with Gasteiger partial charge in [0.05, 0.1) is 18.0 Å². The van der Waals surface area contributed by atoms with E-state index in [9.17, 15) is 4.39 Å². The third kappa shape index (κ3) is 3.88. The summed E-state index contributed by atoms with van der Waals surface area (Å²) in [5, 5.41) is 3.20. The van der Waals surface area contributed by atoms with Crippen LogP contribution in [0.1, 0.15) is 25.8 Å². The number of anilines is 3. The van der Waals surface area contributed by atoms with Gasteiger partial charge in [0.25, 0.3) is 0 Å². The standard InChI is InChI=1S/C17H21FN2O/c1-3-9-21-17-11-16(15(19)10-14(17)18)20-13-7-5-12(4-2)6-8-13/h5-8,10-11,20H,3-4,9,19H2,1-2H3. The van der Waals surface area contributed by atoms with Crippen LogP contribution in [0.2, 0.25) is 0 Å². The van der Waals surface area contributed by atoms with E-state index in [2.05, 4.69) is 24.4 Å². The molecule has 0 heterocycles. The summed E-state index contributed by atoms with van der Waals surface area (Å²) in [7, 11) is 0. The highest BCUT2D eigenvalue weighted by molar-refractivity contribution is 5.74. The number of halogens is 1. The quantitative estimate of drug-likeness (QED) is 0.769. The zero-order chi connectivity index (χ0) is 15.2. The molecule has 0 saturated carbocycles. The van der Waals surface area contributed by atoms with Gasteiger partial charge in [0.2, 0.25) is 0 Å². The van der Waals surface area contributed by atoms with Crippen molar-refractivity contribution >= 4 is 17.1 Å². The van der Waals surface area contributed by atoms with Crippen molar-refractivity contribution in [2.24, 2.45) is 0 Å². The molecule has 0 aromatic heterocycles. The zero-order valence-corrected chi connectivity index (χ0v) is 12.4. The van der Waals surface area contributed by atoms with Crippen molar-refractivity contribution < 1.29 is 9.13 Å². The number of nitrogen functional groups attached to an aromatic ring is 1. The Balaban J connectivity index is 2.21. The summed E-state index contributed by atoms with van der Waals surface area (Å²) in [4.78, 5) is 0. The van der Waals surface area contributed by atoms with Crippen LogP contribution in [0, 0.1) is 5.82 Å². The van der Waals surface area contributed by atoms with Crippen molar-refractivity contribution in [3.63, 3.8) is 0 Å². The second-order valence-corrected chi connectivity index (χ2v) is 4.89. The van der Waals surface area contributed by atoms with Gasteiger partial charge in [-0.25, -0.2) is 4.39 Å². The molecule has 2 rings (SSSR count). The number of rotatable bonds is 6. The first-order chi connectivity index (χ1) is 10.1. The first-order valence-corrected chi connectivity index (χ1v) is 7.21. The summed E-state index contributed by atoms with van der Waals surface area (Å²) in [5.74, 6) is -0.216. The van der Waals surface area contributed by atoms with E-state index in [0.29, 0.717) is 18.0 Å². The molecule has 0 saturated heterocycles. The van der Waals surface area contributed by atoms with Gasteiger partial charge in [0, 0.05) is 17.8 Å². The molecule has 0 aliphatic rings. The Morgan fingerprint density at radius 2 is 1.86 bits per heavy atom. The van der Waals surface area contributed by atoms with Gasteiger partial charge in [-0.2, -0.15) is 0 Å². The van der Waals surface area contributed by atoms with Crippen LogP contribution in [0.3, 0.4) is 0 Å². The van der Waals surface area contributed by atoms with Crippen LogP contribution < -0.4 is 15.8 Å². The highest BCUT2D eigenvalue weighted by Gasteiger charge is 2.09. The van der Waals surface area contributed by atoms with Crippen molar-refractivity contribution in [2.75, 3.05) is 17.7 Å². The van der Waals surface area contributed by atoms with Crippen LogP contribution in [0.4, 0.5) is 21.5 Å². The molecule has 0 atom stereocenters. The lowest BCUT2D eigenvalue weighted by molar-refractivity contribution is 0.301. The number of nitrogens with one attached hydrogen (secondary N) is 1. The Labute approximate surface area is 124 Å². The SMILES string of the molecule is CCCOc1cc(Nc2ccc(CC)cc2)c(N)cc1F. The fourth-order valence-electron chi connectivity index (χ4n) is 1.98. The van der Waals surface area contributed by atoms with E-state index in [1.165, 1.54) is 11.6 Å². The number of hydrogen-bond acceptors (Lipinski definition) is 3. The molecule has 0 unspecified atom stereocenters. The van der Waals surface area contributed by atoms with E-state index in [-0.39, 0.29) is 5.75 Å². The number of ether oxygens (including phenoxy) is 1. The smallest absolute Gasteiger partial charge is 0.167 e. The van der Waals surface area contributed by atoms with Crippen LogP contribution >= 0.6 is 0 Å². The molecule has 0 spiro atoms. The summed E-state index contributed by atoms with van der Waals surface area (Å²) >= 11 is 0. The molecule has 0 fully saturated rings. The number of nitrogens with two attached hydrogens (primary N) is 1. The highest BCUT2D eigenvalue weighted by Crippen LogP contribution is 2.30. The fraction of sp³-hybridized carbons (Fsp3) is 0.294. The van der Waals surface area contributed by atoms with Crippen LogP contribution in [0.5, 0.6) is 5.75 Å². The summed E-state index contributed by atoms with van der Waals surface area (Å²) in [6.45, 7) is 4.56. The van der Waals surface area contributed by atoms with Crippen LogP contribution in [0.25, 0.3) is 0 Å². The lowest BCUT2D eigenvalue weighted by atomic mass is 10.1. The summed E-state index contributed by atoms with van der Waals surface area (Å²) in [6.07, 6.45) is 1.82. The predicted molar refractivity (Wildman–Crippen MR) is 85.7 cm³/mol.